The van der Waals surface area contributed by atoms with Gasteiger partial charge in [-0.25, -0.2) is 0 Å². The van der Waals surface area contributed by atoms with Crippen LogP contribution in [0.5, 0.6) is 0 Å². The minimum absolute atomic E-state index is 0.201. The zero-order chi connectivity index (χ0) is 11.8. The third kappa shape index (κ3) is 6.85. The van der Waals surface area contributed by atoms with Crippen LogP contribution in [0.15, 0.2) is 12.3 Å². The minimum atomic E-state index is -0.525. The Morgan fingerprint density at radius 3 is 2.33 bits per heavy atom. The SMILES string of the molecule is C=C(NCCCCN(C)C)C(=O)C(C)=O. The van der Waals surface area contributed by atoms with Crippen LogP contribution in [-0.4, -0.2) is 43.7 Å². The molecule has 0 atom stereocenters. The van der Waals surface area contributed by atoms with Crippen molar-refractivity contribution in [1.29, 1.82) is 0 Å². The van der Waals surface area contributed by atoms with Crippen molar-refractivity contribution in [2.24, 2.45) is 0 Å². The van der Waals surface area contributed by atoms with Crippen molar-refractivity contribution in [2.45, 2.75) is 19.8 Å². The van der Waals surface area contributed by atoms with Crippen LogP contribution in [0.25, 0.3) is 0 Å². The number of carbonyl (C=O) groups excluding carboxylic acids is 2. The van der Waals surface area contributed by atoms with Gasteiger partial charge in [-0.05, 0) is 33.5 Å². The summed E-state index contributed by atoms with van der Waals surface area (Å²) in [5, 5.41) is 2.85. The molecule has 0 aromatic rings. The number of unbranched alkanes of at least 4 members (excludes halogenated alkanes) is 1. The van der Waals surface area contributed by atoms with Gasteiger partial charge in [0.05, 0.1) is 5.70 Å². The van der Waals surface area contributed by atoms with E-state index in [4.69, 9.17) is 0 Å². The van der Waals surface area contributed by atoms with Crippen molar-refractivity contribution in [3.63, 3.8) is 0 Å². The Morgan fingerprint density at radius 2 is 1.87 bits per heavy atom. The van der Waals surface area contributed by atoms with Crippen LogP contribution in [0.4, 0.5) is 0 Å². The quantitative estimate of drug-likeness (QED) is 0.363. The normalized spacial score (nSPS) is 10.1. The molecule has 0 amide bonds. The first kappa shape index (κ1) is 13.8. The minimum Gasteiger partial charge on any atom is -0.382 e. The Labute approximate surface area is 91.3 Å². The molecule has 0 bridgehead atoms. The summed E-state index contributed by atoms with van der Waals surface area (Å²) in [5.41, 5.74) is 0.201. The maximum Gasteiger partial charge on any atom is 0.243 e. The molecule has 0 aromatic heterocycles. The topological polar surface area (TPSA) is 49.4 Å². The molecule has 0 unspecified atom stereocenters. The van der Waals surface area contributed by atoms with Gasteiger partial charge in [0.15, 0.2) is 0 Å². The second-order valence-corrected chi connectivity index (χ2v) is 3.80. The fourth-order valence-electron chi connectivity index (χ4n) is 1.09. The Hall–Kier alpha value is -1.16. The predicted octanol–water partition coefficient (Wildman–Crippen LogP) is 0.590. The first-order chi connectivity index (χ1) is 6.95. The van der Waals surface area contributed by atoms with Gasteiger partial charge in [-0.15, -0.1) is 0 Å². The molecule has 0 saturated heterocycles. The zero-order valence-electron chi connectivity index (χ0n) is 9.80. The van der Waals surface area contributed by atoms with E-state index in [1.54, 1.807) is 0 Å². The molecular weight excluding hydrogens is 192 g/mol. The number of allylic oxidation sites excluding steroid dienone is 1. The van der Waals surface area contributed by atoms with Crippen molar-refractivity contribution in [2.75, 3.05) is 27.2 Å². The van der Waals surface area contributed by atoms with Gasteiger partial charge in [-0.3, -0.25) is 9.59 Å². The van der Waals surface area contributed by atoms with Crippen LogP contribution >= 0.6 is 0 Å². The first-order valence-electron chi connectivity index (χ1n) is 5.08. The maximum atomic E-state index is 11.1. The predicted molar refractivity (Wildman–Crippen MR) is 60.6 cm³/mol. The zero-order valence-corrected chi connectivity index (χ0v) is 9.80. The fourth-order valence-corrected chi connectivity index (χ4v) is 1.09. The van der Waals surface area contributed by atoms with Crippen LogP contribution in [0, 0.1) is 0 Å². The number of hydrogen-bond donors (Lipinski definition) is 1. The molecule has 0 radical (unpaired) electrons. The molecule has 0 aliphatic heterocycles. The van der Waals surface area contributed by atoms with Crippen molar-refractivity contribution in [1.82, 2.24) is 10.2 Å². The van der Waals surface area contributed by atoms with Crippen molar-refractivity contribution in [3.05, 3.63) is 12.3 Å². The summed E-state index contributed by atoms with van der Waals surface area (Å²) < 4.78 is 0. The highest BCUT2D eigenvalue weighted by Gasteiger charge is 2.10. The number of hydrogen-bond acceptors (Lipinski definition) is 4. The van der Waals surface area contributed by atoms with Crippen molar-refractivity contribution < 1.29 is 9.59 Å². The number of nitrogens with one attached hydrogen (secondary N) is 1. The molecule has 0 saturated carbocycles. The Kier molecular flexibility index (Phi) is 6.62. The lowest BCUT2D eigenvalue weighted by Crippen LogP contribution is -2.25. The number of rotatable bonds is 8. The molecule has 0 aromatic carbocycles. The third-order valence-corrected chi connectivity index (χ3v) is 1.96. The Bertz CT molecular complexity index is 247. The highest BCUT2D eigenvalue weighted by molar-refractivity contribution is 6.42. The molecule has 15 heavy (non-hydrogen) atoms. The van der Waals surface area contributed by atoms with Crippen molar-refractivity contribution >= 4 is 11.6 Å². The largest absolute Gasteiger partial charge is 0.382 e. The van der Waals surface area contributed by atoms with E-state index in [2.05, 4.69) is 16.8 Å². The Balaban J connectivity index is 3.56. The van der Waals surface area contributed by atoms with Gasteiger partial charge in [0.2, 0.25) is 11.6 Å². The van der Waals surface area contributed by atoms with Gasteiger partial charge in [-0.1, -0.05) is 6.58 Å². The lowest BCUT2D eigenvalue weighted by Gasteiger charge is -2.10. The van der Waals surface area contributed by atoms with E-state index in [0.29, 0.717) is 6.54 Å². The molecule has 86 valence electrons. The summed E-state index contributed by atoms with van der Waals surface area (Å²) in [4.78, 5) is 23.9. The van der Waals surface area contributed by atoms with E-state index in [-0.39, 0.29) is 5.70 Å². The van der Waals surface area contributed by atoms with Crippen LogP contribution in [0.2, 0.25) is 0 Å². The molecular formula is C11H20N2O2. The molecule has 0 fully saturated rings. The van der Waals surface area contributed by atoms with Gasteiger partial charge in [0.1, 0.15) is 0 Å². The summed E-state index contributed by atoms with van der Waals surface area (Å²) in [7, 11) is 4.04. The van der Waals surface area contributed by atoms with E-state index < -0.39 is 11.6 Å². The maximum absolute atomic E-state index is 11.1. The van der Waals surface area contributed by atoms with Gasteiger partial charge in [0.25, 0.3) is 0 Å². The van der Waals surface area contributed by atoms with Crippen LogP contribution in [0.3, 0.4) is 0 Å². The number of Topliss-reactive ketones (excluding diaryl/α,β-unsaturated/α-hetero) is 2. The van der Waals surface area contributed by atoms with Crippen LogP contribution in [-0.2, 0) is 9.59 Å². The molecule has 0 heterocycles. The molecule has 0 aliphatic rings. The number of ketones is 2. The van der Waals surface area contributed by atoms with Gasteiger partial charge < -0.3 is 10.2 Å². The standard InChI is InChI=1S/C11H20N2O2/c1-9(11(15)10(2)14)12-7-5-6-8-13(3)4/h12H,1,5-8H2,2-4H3. The molecule has 0 rings (SSSR count). The highest BCUT2D eigenvalue weighted by Crippen LogP contribution is 1.93. The van der Waals surface area contributed by atoms with Crippen LogP contribution < -0.4 is 5.32 Å². The first-order valence-corrected chi connectivity index (χ1v) is 5.08. The van der Waals surface area contributed by atoms with Gasteiger partial charge in [-0.2, -0.15) is 0 Å². The summed E-state index contributed by atoms with van der Waals surface area (Å²) >= 11 is 0. The van der Waals surface area contributed by atoms with E-state index in [1.165, 1.54) is 6.92 Å². The Morgan fingerprint density at radius 1 is 1.27 bits per heavy atom. The lowest BCUT2D eigenvalue weighted by atomic mass is 10.2. The van der Waals surface area contributed by atoms with Crippen LogP contribution in [0.1, 0.15) is 19.8 Å². The number of carbonyl (C=O) groups is 2. The summed E-state index contributed by atoms with van der Waals surface area (Å²) in [6.45, 7) is 6.48. The highest BCUT2D eigenvalue weighted by atomic mass is 16.2. The summed E-state index contributed by atoms with van der Waals surface area (Å²) in [5.74, 6) is -0.997. The third-order valence-electron chi connectivity index (χ3n) is 1.96. The second-order valence-electron chi connectivity index (χ2n) is 3.80. The monoisotopic (exact) mass is 212 g/mol. The average molecular weight is 212 g/mol. The molecule has 4 heteroatoms. The fraction of sp³-hybridized carbons (Fsp3) is 0.636. The molecule has 1 N–H and O–H groups in total. The average Bonchev–Trinajstić information content (AvgIpc) is 2.15. The molecule has 4 nitrogen and oxygen atoms in total. The second kappa shape index (κ2) is 7.17. The smallest absolute Gasteiger partial charge is 0.243 e. The lowest BCUT2D eigenvalue weighted by molar-refractivity contribution is -0.133. The van der Waals surface area contributed by atoms with Gasteiger partial charge >= 0.3 is 0 Å². The molecule has 0 spiro atoms. The van der Waals surface area contributed by atoms with E-state index >= 15 is 0 Å². The van der Waals surface area contributed by atoms with E-state index in [9.17, 15) is 9.59 Å². The van der Waals surface area contributed by atoms with E-state index in [1.807, 2.05) is 14.1 Å². The number of nitrogens with zero attached hydrogens (tertiary/aromatic N) is 1. The van der Waals surface area contributed by atoms with E-state index in [0.717, 1.165) is 19.4 Å². The molecule has 0 aliphatic carbocycles. The van der Waals surface area contributed by atoms with Crippen molar-refractivity contribution in [3.8, 4) is 0 Å². The summed E-state index contributed by atoms with van der Waals surface area (Å²) in [6, 6.07) is 0. The van der Waals surface area contributed by atoms with Gasteiger partial charge in [0, 0.05) is 13.5 Å². The summed E-state index contributed by atoms with van der Waals surface area (Å²) in [6.07, 6.45) is 2.02.